The van der Waals surface area contributed by atoms with Crippen molar-refractivity contribution in [1.29, 1.82) is 0 Å². The second kappa shape index (κ2) is 4.38. The standard InChI is InChI=1S/C12H13FN4O/c13-10-2-1-3-14-12(10)16-7-9-6-15-17(4-5-18)11(9)8-16/h1-3,6,18H,4-5,7-8H2. The maximum Gasteiger partial charge on any atom is 0.165 e. The van der Waals surface area contributed by atoms with Gasteiger partial charge in [-0.15, -0.1) is 0 Å². The fourth-order valence-corrected chi connectivity index (χ4v) is 2.25. The van der Waals surface area contributed by atoms with E-state index in [1.165, 1.54) is 6.07 Å². The van der Waals surface area contributed by atoms with Gasteiger partial charge in [-0.2, -0.15) is 5.10 Å². The lowest BCUT2D eigenvalue weighted by Gasteiger charge is -2.17. The zero-order chi connectivity index (χ0) is 12.5. The molecule has 1 aliphatic heterocycles. The van der Waals surface area contributed by atoms with Gasteiger partial charge in [0.05, 0.1) is 31.6 Å². The van der Waals surface area contributed by atoms with Gasteiger partial charge in [0.25, 0.3) is 0 Å². The molecule has 18 heavy (non-hydrogen) atoms. The number of pyridine rings is 1. The van der Waals surface area contributed by atoms with Gasteiger partial charge in [0.1, 0.15) is 0 Å². The molecule has 1 N–H and O–H groups in total. The molecule has 0 amide bonds. The van der Waals surface area contributed by atoms with Crippen molar-refractivity contribution in [2.75, 3.05) is 11.5 Å². The summed E-state index contributed by atoms with van der Waals surface area (Å²) in [5.41, 5.74) is 2.09. The lowest BCUT2D eigenvalue weighted by molar-refractivity contribution is 0.267. The maximum atomic E-state index is 13.7. The molecule has 0 atom stereocenters. The zero-order valence-electron chi connectivity index (χ0n) is 9.75. The van der Waals surface area contributed by atoms with E-state index in [2.05, 4.69) is 10.1 Å². The SMILES string of the molecule is OCCn1ncc2c1CN(c1ncccc1F)C2. The van der Waals surface area contributed by atoms with Crippen LogP contribution in [0.15, 0.2) is 24.5 Å². The van der Waals surface area contributed by atoms with E-state index >= 15 is 0 Å². The average molecular weight is 248 g/mol. The molecule has 0 radical (unpaired) electrons. The summed E-state index contributed by atoms with van der Waals surface area (Å²) in [6, 6.07) is 2.99. The van der Waals surface area contributed by atoms with E-state index in [0.29, 0.717) is 25.5 Å². The predicted octanol–water partition coefficient (Wildman–Crippen LogP) is 0.930. The Balaban J connectivity index is 1.87. The molecular formula is C12H13FN4O. The van der Waals surface area contributed by atoms with E-state index in [0.717, 1.165) is 11.3 Å². The fourth-order valence-electron chi connectivity index (χ4n) is 2.25. The lowest BCUT2D eigenvalue weighted by Crippen LogP contribution is -2.19. The van der Waals surface area contributed by atoms with Crippen LogP contribution in [0, 0.1) is 5.82 Å². The largest absolute Gasteiger partial charge is 0.394 e. The molecule has 0 spiro atoms. The number of fused-ring (bicyclic) bond motifs is 1. The van der Waals surface area contributed by atoms with Gasteiger partial charge in [0.15, 0.2) is 11.6 Å². The van der Waals surface area contributed by atoms with Gasteiger partial charge in [0.2, 0.25) is 0 Å². The molecule has 94 valence electrons. The summed E-state index contributed by atoms with van der Waals surface area (Å²) in [5.74, 6) is 0.0496. The molecule has 3 rings (SSSR count). The highest BCUT2D eigenvalue weighted by atomic mass is 19.1. The minimum Gasteiger partial charge on any atom is -0.394 e. The molecule has 0 fully saturated rings. The monoisotopic (exact) mass is 248 g/mol. The number of hydrogen-bond donors (Lipinski definition) is 1. The Kier molecular flexibility index (Phi) is 2.71. The molecular weight excluding hydrogens is 235 g/mol. The smallest absolute Gasteiger partial charge is 0.165 e. The molecule has 0 saturated carbocycles. The number of aliphatic hydroxyl groups is 1. The van der Waals surface area contributed by atoms with Crippen LogP contribution in [0.5, 0.6) is 0 Å². The van der Waals surface area contributed by atoms with Crippen LogP contribution in [-0.4, -0.2) is 26.5 Å². The first-order valence-electron chi connectivity index (χ1n) is 5.79. The molecule has 0 unspecified atom stereocenters. The van der Waals surface area contributed by atoms with E-state index in [4.69, 9.17) is 5.11 Å². The van der Waals surface area contributed by atoms with Crippen LogP contribution in [0.1, 0.15) is 11.3 Å². The third kappa shape index (κ3) is 1.74. The van der Waals surface area contributed by atoms with Gasteiger partial charge >= 0.3 is 0 Å². The van der Waals surface area contributed by atoms with Crippen LogP contribution in [-0.2, 0) is 19.6 Å². The molecule has 2 aromatic rings. The van der Waals surface area contributed by atoms with Crippen LogP contribution >= 0.6 is 0 Å². The highest BCUT2D eigenvalue weighted by Gasteiger charge is 2.25. The molecule has 6 heteroatoms. The van der Waals surface area contributed by atoms with E-state index in [9.17, 15) is 4.39 Å². The molecule has 0 saturated heterocycles. The fraction of sp³-hybridized carbons (Fsp3) is 0.333. The van der Waals surface area contributed by atoms with Crippen LogP contribution in [0.25, 0.3) is 0 Å². The predicted molar refractivity (Wildman–Crippen MR) is 63.4 cm³/mol. The van der Waals surface area contributed by atoms with Crippen molar-refractivity contribution in [3.63, 3.8) is 0 Å². The van der Waals surface area contributed by atoms with Gasteiger partial charge in [0, 0.05) is 18.3 Å². The van der Waals surface area contributed by atoms with Crippen molar-refractivity contribution < 1.29 is 9.50 Å². The number of anilines is 1. The summed E-state index contributed by atoms with van der Waals surface area (Å²) in [6.45, 7) is 1.69. The van der Waals surface area contributed by atoms with Gasteiger partial charge in [-0.25, -0.2) is 9.37 Å². The molecule has 2 aromatic heterocycles. The molecule has 5 nitrogen and oxygen atoms in total. The minimum absolute atomic E-state index is 0.0477. The summed E-state index contributed by atoms with van der Waals surface area (Å²) in [4.78, 5) is 5.94. The number of aliphatic hydroxyl groups excluding tert-OH is 1. The molecule has 0 aromatic carbocycles. The number of nitrogens with zero attached hydrogens (tertiary/aromatic N) is 4. The Bertz CT molecular complexity index is 569. The average Bonchev–Trinajstić information content (AvgIpc) is 2.92. The van der Waals surface area contributed by atoms with E-state index in [1.807, 2.05) is 4.90 Å². The number of hydrogen-bond acceptors (Lipinski definition) is 4. The second-order valence-electron chi connectivity index (χ2n) is 4.23. The van der Waals surface area contributed by atoms with Gasteiger partial charge in [-0.1, -0.05) is 0 Å². The maximum absolute atomic E-state index is 13.7. The molecule has 1 aliphatic rings. The van der Waals surface area contributed by atoms with Gasteiger partial charge < -0.3 is 10.0 Å². The Hall–Kier alpha value is -1.95. The Morgan fingerprint density at radius 2 is 2.28 bits per heavy atom. The molecule has 0 bridgehead atoms. The zero-order valence-corrected chi connectivity index (χ0v) is 9.75. The van der Waals surface area contributed by atoms with E-state index < -0.39 is 0 Å². The van der Waals surface area contributed by atoms with Crippen molar-refractivity contribution >= 4 is 5.82 Å². The summed E-state index contributed by atoms with van der Waals surface area (Å²) < 4.78 is 15.4. The number of aromatic nitrogens is 3. The lowest BCUT2D eigenvalue weighted by atomic mass is 10.3. The van der Waals surface area contributed by atoms with Crippen molar-refractivity contribution in [3.8, 4) is 0 Å². The van der Waals surface area contributed by atoms with Crippen molar-refractivity contribution in [3.05, 3.63) is 41.6 Å². The summed E-state index contributed by atoms with van der Waals surface area (Å²) in [6.07, 6.45) is 3.35. The van der Waals surface area contributed by atoms with Gasteiger partial charge in [-0.05, 0) is 12.1 Å². The van der Waals surface area contributed by atoms with Crippen molar-refractivity contribution in [1.82, 2.24) is 14.8 Å². The highest BCUT2D eigenvalue weighted by molar-refractivity contribution is 5.45. The van der Waals surface area contributed by atoms with Crippen LogP contribution < -0.4 is 4.90 Å². The summed E-state index contributed by atoms with van der Waals surface area (Å²) >= 11 is 0. The first kappa shape index (κ1) is 11.2. The minimum atomic E-state index is -0.315. The Labute approximate surface area is 103 Å². The van der Waals surface area contributed by atoms with Crippen LogP contribution in [0.3, 0.4) is 0 Å². The first-order valence-corrected chi connectivity index (χ1v) is 5.79. The third-order valence-electron chi connectivity index (χ3n) is 3.09. The Morgan fingerprint density at radius 3 is 3.06 bits per heavy atom. The molecule has 3 heterocycles. The van der Waals surface area contributed by atoms with Crippen molar-refractivity contribution in [2.24, 2.45) is 0 Å². The molecule has 0 aliphatic carbocycles. The second-order valence-corrected chi connectivity index (χ2v) is 4.23. The Morgan fingerprint density at radius 1 is 1.39 bits per heavy atom. The quantitative estimate of drug-likeness (QED) is 0.878. The summed E-state index contributed by atoms with van der Waals surface area (Å²) in [7, 11) is 0. The van der Waals surface area contributed by atoms with Crippen LogP contribution in [0.4, 0.5) is 10.2 Å². The van der Waals surface area contributed by atoms with E-state index in [1.54, 1.807) is 23.1 Å². The number of rotatable bonds is 3. The van der Waals surface area contributed by atoms with Crippen molar-refractivity contribution in [2.45, 2.75) is 19.6 Å². The topological polar surface area (TPSA) is 54.2 Å². The highest BCUT2D eigenvalue weighted by Crippen LogP contribution is 2.28. The van der Waals surface area contributed by atoms with E-state index in [-0.39, 0.29) is 12.4 Å². The normalized spacial score (nSPS) is 14.0. The summed E-state index contributed by atoms with van der Waals surface area (Å²) in [5, 5.41) is 13.1. The number of halogens is 1. The third-order valence-corrected chi connectivity index (χ3v) is 3.09. The van der Waals surface area contributed by atoms with Gasteiger partial charge in [-0.3, -0.25) is 4.68 Å². The van der Waals surface area contributed by atoms with Crippen LogP contribution in [0.2, 0.25) is 0 Å². The first-order chi connectivity index (χ1) is 8.79.